The summed E-state index contributed by atoms with van der Waals surface area (Å²) in [5.74, 6) is 0. The summed E-state index contributed by atoms with van der Waals surface area (Å²) in [6.07, 6.45) is 0.884. The molecule has 0 saturated carbocycles. The molecule has 0 N–H and O–H groups in total. The van der Waals surface area contributed by atoms with E-state index in [-0.39, 0.29) is 10.1 Å². The van der Waals surface area contributed by atoms with Gasteiger partial charge < -0.3 is 13.8 Å². The first kappa shape index (κ1) is 26.1. The van der Waals surface area contributed by atoms with Crippen molar-refractivity contribution in [3.63, 3.8) is 0 Å². The van der Waals surface area contributed by atoms with E-state index in [0.717, 1.165) is 25.1 Å². The molecule has 1 rings (SSSR count). The molecule has 166 valence electrons. The highest BCUT2D eigenvalue weighted by Gasteiger charge is 2.38. The fourth-order valence-corrected chi connectivity index (χ4v) is 4.46. The summed E-state index contributed by atoms with van der Waals surface area (Å²) in [5.41, 5.74) is 1.80. The zero-order valence-corrected chi connectivity index (χ0v) is 22.4. The Morgan fingerprint density at radius 2 is 1.17 bits per heavy atom. The predicted octanol–water partition coefficient (Wildman–Crippen LogP) is 6.35. The van der Waals surface area contributed by atoms with Crippen LogP contribution in [0.1, 0.15) is 51.9 Å². The van der Waals surface area contributed by atoms with Crippen molar-refractivity contribution in [2.45, 2.75) is 77.8 Å². The average Bonchev–Trinajstić information content (AvgIpc) is 2.58. The number of carbonyl (C=O) groups is 1. The van der Waals surface area contributed by atoms with E-state index >= 15 is 0 Å². The fourth-order valence-electron chi connectivity index (χ4n) is 2.39. The lowest BCUT2D eigenvalue weighted by molar-refractivity contribution is 0.112. The van der Waals surface area contributed by atoms with Crippen molar-refractivity contribution in [1.29, 1.82) is 0 Å². The van der Waals surface area contributed by atoms with Crippen LogP contribution < -0.4 is 4.90 Å². The van der Waals surface area contributed by atoms with Crippen molar-refractivity contribution in [3.8, 4) is 0 Å². The van der Waals surface area contributed by atoms with E-state index in [4.69, 9.17) is 8.85 Å². The van der Waals surface area contributed by atoms with Crippen LogP contribution in [0.4, 0.5) is 5.69 Å². The van der Waals surface area contributed by atoms with Crippen LogP contribution in [0.25, 0.3) is 0 Å². The van der Waals surface area contributed by atoms with Gasteiger partial charge in [-0.1, -0.05) is 41.5 Å². The number of anilines is 1. The molecule has 0 spiro atoms. The predicted molar refractivity (Wildman–Crippen MR) is 130 cm³/mol. The van der Waals surface area contributed by atoms with Crippen molar-refractivity contribution in [2.24, 2.45) is 0 Å². The first-order valence-electron chi connectivity index (χ1n) is 10.7. The Morgan fingerprint density at radius 3 is 1.48 bits per heavy atom. The molecule has 0 aromatic heterocycles. The molecule has 0 aliphatic heterocycles. The summed E-state index contributed by atoms with van der Waals surface area (Å²) >= 11 is 0. The largest absolute Gasteiger partial charge is 0.415 e. The molecule has 4 nitrogen and oxygen atoms in total. The van der Waals surface area contributed by atoms with Crippen LogP contribution >= 0.6 is 0 Å². The summed E-state index contributed by atoms with van der Waals surface area (Å²) in [6.45, 7) is 25.8. The quantitative estimate of drug-likeness (QED) is 0.316. The van der Waals surface area contributed by atoms with E-state index in [1.807, 2.05) is 24.3 Å². The third kappa shape index (κ3) is 7.66. The summed E-state index contributed by atoms with van der Waals surface area (Å²) < 4.78 is 12.8. The lowest BCUT2D eigenvalue weighted by Gasteiger charge is -2.38. The van der Waals surface area contributed by atoms with Gasteiger partial charge in [0.15, 0.2) is 16.6 Å². The number of hydrogen-bond acceptors (Lipinski definition) is 4. The topological polar surface area (TPSA) is 38.8 Å². The van der Waals surface area contributed by atoms with E-state index in [2.05, 4.69) is 72.6 Å². The second kappa shape index (κ2) is 9.90. The number of aldehydes is 1. The molecule has 0 fully saturated rings. The molecule has 0 bridgehead atoms. The minimum absolute atomic E-state index is 0.203. The number of rotatable bonds is 10. The van der Waals surface area contributed by atoms with Gasteiger partial charge in [-0.3, -0.25) is 4.79 Å². The Labute approximate surface area is 181 Å². The normalized spacial score (nSPS) is 13.4. The Hall–Kier alpha value is -0.956. The summed E-state index contributed by atoms with van der Waals surface area (Å²) in [4.78, 5) is 13.3. The molecule has 0 unspecified atom stereocenters. The summed E-state index contributed by atoms with van der Waals surface area (Å²) in [7, 11) is -3.54. The molecule has 0 heterocycles. The maximum atomic E-state index is 11.0. The molecule has 29 heavy (non-hydrogen) atoms. The van der Waals surface area contributed by atoms with E-state index in [1.54, 1.807) is 0 Å². The van der Waals surface area contributed by atoms with Crippen molar-refractivity contribution in [3.05, 3.63) is 29.8 Å². The maximum Gasteiger partial charge on any atom is 0.192 e. The van der Waals surface area contributed by atoms with Crippen LogP contribution in [0, 0.1) is 0 Å². The van der Waals surface area contributed by atoms with E-state index in [1.165, 1.54) is 0 Å². The molecule has 6 heteroatoms. The Kier molecular flexibility index (Phi) is 8.90. The summed E-state index contributed by atoms with van der Waals surface area (Å²) in [5, 5.41) is 0.407. The maximum absolute atomic E-state index is 11.0. The van der Waals surface area contributed by atoms with Crippen LogP contribution in [-0.2, 0) is 8.85 Å². The zero-order valence-electron chi connectivity index (χ0n) is 20.4. The Balaban J connectivity index is 2.82. The fraction of sp³-hybridized carbons (Fsp3) is 0.696. The number of carbonyl (C=O) groups excluding carboxylic acids is 1. The van der Waals surface area contributed by atoms with Crippen LogP contribution in [-0.4, -0.2) is 49.2 Å². The first-order chi connectivity index (χ1) is 13.1. The van der Waals surface area contributed by atoms with Gasteiger partial charge in [-0.15, -0.1) is 0 Å². The number of hydrogen-bond donors (Lipinski definition) is 0. The van der Waals surface area contributed by atoms with E-state index in [9.17, 15) is 4.79 Å². The Bertz CT molecular complexity index is 612. The van der Waals surface area contributed by atoms with Gasteiger partial charge in [0.25, 0.3) is 0 Å². The third-order valence-electron chi connectivity index (χ3n) is 6.65. The molecular formula is C23H43NO3Si2. The van der Waals surface area contributed by atoms with Gasteiger partial charge in [-0.2, -0.15) is 0 Å². The van der Waals surface area contributed by atoms with Crippen molar-refractivity contribution >= 4 is 28.6 Å². The van der Waals surface area contributed by atoms with Crippen LogP contribution in [0.15, 0.2) is 24.3 Å². The molecule has 1 aromatic carbocycles. The van der Waals surface area contributed by atoms with Crippen molar-refractivity contribution in [2.75, 3.05) is 31.2 Å². The standard InChI is InChI=1S/C23H43NO3Si2/c1-22(2,3)28(7,8)26-17-15-24(21-13-11-20(19-25)12-14-21)16-18-27-29(9,10)23(4,5)6/h11-14,19H,15-18H2,1-10H3. The molecule has 0 aliphatic carbocycles. The van der Waals surface area contributed by atoms with Crippen LogP contribution in [0.5, 0.6) is 0 Å². The minimum Gasteiger partial charge on any atom is -0.415 e. The van der Waals surface area contributed by atoms with E-state index in [0.29, 0.717) is 18.8 Å². The van der Waals surface area contributed by atoms with Gasteiger partial charge in [0.05, 0.1) is 13.2 Å². The molecule has 0 radical (unpaired) electrons. The highest BCUT2D eigenvalue weighted by molar-refractivity contribution is 6.74. The SMILES string of the molecule is CC(C)(C)[Si](C)(C)OCCN(CCO[Si](C)(C)C(C)(C)C)c1ccc(C=O)cc1. The lowest BCUT2D eigenvalue weighted by Crippen LogP contribution is -2.44. The first-order valence-corrected chi connectivity index (χ1v) is 16.5. The van der Waals surface area contributed by atoms with Crippen LogP contribution in [0.3, 0.4) is 0 Å². The molecular weight excluding hydrogens is 394 g/mol. The molecule has 1 aromatic rings. The number of benzene rings is 1. The van der Waals surface area contributed by atoms with Gasteiger partial charge in [0, 0.05) is 24.3 Å². The molecule has 0 saturated heterocycles. The molecule has 0 amide bonds. The second-order valence-electron chi connectivity index (χ2n) is 10.9. The second-order valence-corrected chi connectivity index (χ2v) is 20.5. The zero-order chi connectivity index (χ0) is 22.5. The van der Waals surface area contributed by atoms with Crippen molar-refractivity contribution in [1.82, 2.24) is 0 Å². The van der Waals surface area contributed by atoms with Gasteiger partial charge in [0.1, 0.15) is 6.29 Å². The molecule has 0 aliphatic rings. The average molecular weight is 438 g/mol. The highest BCUT2D eigenvalue weighted by Crippen LogP contribution is 2.37. The Morgan fingerprint density at radius 1 is 0.793 bits per heavy atom. The van der Waals surface area contributed by atoms with Gasteiger partial charge in [-0.25, -0.2) is 0 Å². The summed E-state index contributed by atoms with van der Waals surface area (Å²) in [6, 6.07) is 7.78. The monoisotopic (exact) mass is 437 g/mol. The minimum atomic E-state index is -1.77. The van der Waals surface area contributed by atoms with Gasteiger partial charge in [0.2, 0.25) is 0 Å². The van der Waals surface area contributed by atoms with E-state index < -0.39 is 16.6 Å². The molecule has 0 atom stereocenters. The highest BCUT2D eigenvalue weighted by atomic mass is 28.4. The van der Waals surface area contributed by atoms with Gasteiger partial charge >= 0.3 is 0 Å². The third-order valence-corrected chi connectivity index (χ3v) is 15.7. The van der Waals surface area contributed by atoms with Crippen molar-refractivity contribution < 1.29 is 13.6 Å². The van der Waals surface area contributed by atoms with Gasteiger partial charge in [-0.05, 0) is 60.5 Å². The lowest BCUT2D eigenvalue weighted by atomic mass is 10.2. The van der Waals surface area contributed by atoms with Crippen LogP contribution in [0.2, 0.25) is 36.3 Å². The smallest absolute Gasteiger partial charge is 0.192 e. The number of nitrogens with zero attached hydrogens (tertiary/aromatic N) is 1.